The van der Waals surface area contributed by atoms with Gasteiger partial charge in [0.15, 0.2) is 0 Å². The van der Waals surface area contributed by atoms with Gasteiger partial charge in [-0.05, 0) is 50.1 Å². The van der Waals surface area contributed by atoms with Gasteiger partial charge in [0, 0.05) is 31.7 Å². The van der Waals surface area contributed by atoms with Crippen molar-refractivity contribution in [1.82, 2.24) is 14.9 Å². The Hall–Kier alpha value is -1.44. The summed E-state index contributed by atoms with van der Waals surface area (Å²) < 4.78 is 27.0. The fraction of sp³-hybridized carbons (Fsp3) is 0.611. The fourth-order valence-electron chi connectivity index (χ4n) is 2.88. The summed E-state index contributed by atoms with van der Waals surface area (Å²) in [5, 5.41) is 6.04. The lowest BCUT2D eigenvalue weighted by Gasteiger charge is -2.20. The maximum absolute atomic E-state index is 12.7. The maximum atomic E-state index is 12.7. The molecule has 1 amide bonds. The molecule has 0 bridgehead atoms. The van der Waals surface area contributed by atoms with Crippen molar-refractivity contribution in [3.63, 3.8) is 0 Å². The number of nitrogens with zero attached hydrogens (tertiary/aromatic N) is 1. The van der Waals surface area contributed by atoms with E-state index in [0.29, 0.717) is 25.2 Å². The number of hydrogen-bond acceptors (Lipinski definition) is 4. The predicted molar refractivity (Wildman–Crippen MR) is 99.2 cm³/mol. The molecule has 0 aliphatic carbocycles. The molecule has 0 saturated carbocycles. The van der Waals surface area contributed by atoms with E-state index in [1.165, 1.54) is 12.1 Å². The molecule has 1 fully saturated rings. The van der Waals surface area contributed by atoms with E-state index < -0.39 is 10.0 Å². The van der Waals surface area contributed by atoms with Crippen LogP contribution in [-0.2, 0) is 10.0 Å². The Morgan fingerprint density at radius 3 is 2.24 bits per heavy atom. The second-order valence-corrected chi connectivity index (χ2v) is 8.29. The summed E-state index contributed by atoms with van der Waals surface area (Å²) in [5.41, 5.74) is 0.477. The summed E-state index contributed by atoms with van der Waals surface area (Å²) in [7, 11) is -3.46. The Labute approximate surface area is 151 Å². The van der Waals surface area contributed by atoms with E-state index in [1.807, 2.05) is 0 Å². The highest BCUT2D eigenvalue weighted by Crippen LogP contribution is 2.20. The zero-order valence-corrected chi connectivity index (χ0v) is 15.8. The van der Waals surface area contributed by atoms with Crippen LogP contribution in [0.4, 0.5) is 0 Å². The number of carbonyl (C=O) groups excluding carboxylic acids is 1. The molecule has 140 valence electrons. The standard InChI is InChI=1S/C18H29N3O3S/c1-2-11-19-12-13-20-18(22)16-7-9-17(10-8-16)25(23,24)21-14-5-3-4-6-15-21/h7-10,19H,2-6,11-15H2,1H3,(H,20,22). The van der Waals surface area contributed by atoms with Crippen molar-refractivity contribution in [3.8, 4) is 0 Å². The number of nitrogens with one attached hydrogen (secondary N) is 2. The Bertz CT molecular complexity index is 636. The Kier molecular flexibility index (Phi) is 7.87. The van der Waals surface area contributed by atoms with Gasteiger partial charge < -0.3 is 10.6 Å². The summed E-state index contributed by atoms with van der Waals surface area (Å²) in [6.45, 7) is 5.45. The van der Waals surface area contributed by atoms with Crippen LogP contribution in [-0.4, -0.2) is 51.4 Å². The molecule has 0 radical (unpaired) electrons. The summed E-state index contributed by atoms with van der Waals surface area (Å²) >= 11 is 0. The highest BCUT2D eigenvalue weighted by Gasteiger charge is 2.25. The van der Waals surface area contributed by atoms with E-state index >= 15 is 0 Å². The Balaban J connectivity index is 1.95. The smallest absolute Gasteiger partial charge is 0.251 e. The van der Waals surface area contributed by atoms with Crippen LogP contribution in [0.2, 0.25) is 0 Å². The topological polar surface area (TPSA) is 78.5 Å². The molecule has 0 unspecified atom stereocenters. The number of sulfonamides is 1. The molecule has 1 aromatic rings. The van der Waals surface area contributed by atoms with Crippen molar-refractivity contribution in [2.75, 3.05) is 32.7 Å². The number of benzene rings is 1. The van der Waals surface area contributed by atoms with E-state index in [0.717, 1.165) is 45.2 Å². The third kappa shape index (κ3) is 5.80. The molecular weight excluding hydrogens is 338 g/mol. The third-order valence-corrected chi connectivity index (χ3v) is 6.25. The SMILES string of the molecule is CCCNCCNC(=O)c1ccc(S(=O)(=O)N2CCCCCC2)cc1. The lowest BCUT2D eigenvalue weighted by atomic mass is 10.2. The molecular formula is C18H29N3O3S. The minimum absolute atomic E-state index is 0.183. The molecule has 2 N–H and O–H groups in total. The summed E-state index contributed by atoms with van der Waals surface area (Å²) in [6.07, 6.45) is 5.04. The quantitative estimate of drug-likeness (QED) is 0.689. The number of amides is 1. The van der Waals surface area contributed by atoms with Crippen molar-refractivity contribution in [2.45, 2.75) is 43.9 Å². The van der Waals surface area contributed by atoms with Gasteiger partial charge in [0.2, 0.25) is 10.0 Å². The van der Waals surface area contributed by atoms with Crippen LogP contribution in [0.15, 0.2) is 29.2 Å². The number of rotatable bonds is 8. The molecule has 0 atom stereocenters. The molecule has 1 aliphatic rings. The van der Waals surface area contributed by atoms with Crippen LogP contribution >= 0.6 is 0 Å². The van der Waals surface area contributed by atoms with E-state index in [4.69, 9.17) is 0 Å². The second kappa shape index (κ2) is 9.89. The lowest BCUT2D eigenvalue weighted by molar-refractivity contribution is 0.0954. The first-order valence-electron chi connectivity index (χ1n) is 9.15. The van der Waals surface area contributed by atoms with Crippen LogP contribution < -0.4 is 10.6 Å². The second-order valence-electron chi connectivity index (χ2n) is 6.35. The van der Waals surface area contributed by atoms with Gasteiger partial charge >= 0.3 is 0 Å². The van der Waals surface area contributed by atoms with Crippen LogP contribution in [0.1, 0.15) is 49.4 Å². The van der Waals surface area contributed by atoms with Crippen LogP contribution in [0.3, 0.4) is 0 Å². The van der Waals surface area contributed by atoms with Crippen LogP contribution in [0, 0.1) is 0 Å². The van der Waals surface area contributed by atoms with Gasteiger partial charge in [-0.2, -0.15) is 4.31 Å². The maximum Gasteiger partial charge on any atom is 0.251 e. The molecule has 0 aromatic heterocycles. The molecule has 1 aromatic carbocycles. The molecule has 1 aliphatic heterocycles. The molecule has 6 nitrogen and oxygen atoms in total. The van der Waals surface area contributed by atoms with E-state index in [9.17, 15) is 13.2 Å². The average Bonchev–Trinajstić information content (AvgIpc) is 2.91. The van der Waals surface area contributed by atoms with Gasteiger partial charge in [0.1, 0.15) is 0 Å². The molecule has 0 spiro atoms. The van der Waals surface area contributed by atoms with Crippen LogP contribution in [0.5, 0.6) is 0 Å². The lowest BCUT2D eigenvalue weighted by Crippen LogP contribution is -2.32. The highest BCUT2D eigenvalue weighted by atomic mass is 32.2. The van der Waals surface area contributed by atoms with Crippen molar-refractivity contribution >= 4 is 15.9 Å². The predicted octanol–water partition coefficient (Wildman–Crippen LogP) is 1.98. The average molecular weight is 368 g/mol. The minimum Gasteiger partial charge on any atom is -0.351 e. The Morgan fingerprint density at radius 2 is 1.64 bits per heavy atom. The van der Waals surface area contributed by atoms with Gasteiger partial charge in [-0.25, -0.2) is 8.42 Å². The van der Waals surface area contributed by atoms with E-state index in [-0.39, 0.29) is 10.8 Å². The molecule has 1 saturated heterocycles. The highest BCUT2D eigenvalue weighted by molar-refractivity contribution is 7.89. The first-order valence-corrected chi connectivity index (χ1v) is 10.6. The van der Waals surface area contributed by atoms with Crippen molar-refractivity contribution in [1.29, 1.82) is 0 Å². The first-order chi connectivity index (χ1) is 12.1. The Morgan fingerprint density at radius 1 is 1.00 bits per heavy atom. The first kappa shape index (κ1) is 19.9. The van der Waals surface area contributed by atoms with Gasteiger partial charge in [0.05, 0.1) is 4.90 Å². The fourth-order valence-corrected chi connectivity index (χ4v) is 4.39. The summed E-state index contributed by atoms with van der Waals surface area (Å²) in [4.78, 5) is 12.3. The normalized spacial score (nSPS) is 16.4. The van der Waals surface area contributed by atoms with Crippen molar-refractivity contribution < 1.29 is 13.2 Å². The zero-order chi connectivity index (χ0) is 18.1. The zero-order valence-electron chi connectivity index (χ0n) is 15.0. The largest absolute Gasteiger partial charge is 0.351 e. The molecule has 7 heteroatoms. The summed E-state index contributed by atoms with van der Waals surface area (Å²) in [6, 6.07) is 6.23. The number of carbonyl (C=O) groups is 1. The van der Waals surface area contributed by atoms with E-state index in [1.54, 1.807) is 16.4 Å². The summed E-state index contributed by atoms with van der Waals surface area (Å²) in [5.74, 6) is -0.183. The van der Waals surface area contributed by atoms with Gasteiger partial charge in [-0.15, -0.1) is 0 Å². The van der Waals surface area contributed by atoms with Gasteiger partial charge in [-0.3, -0.25) is 4.79 Å². The van der Waals surface area contributed by atoms with Crippen LogP contribution in [0.25, 0.3) is 0 Å². The van der Waals surface area contributed by atoms with Gasteiger partial charge in [-0.1, -0.05) is 19.8 Å². The third-order valence-electron chi connectivity index (χ3n) is 4.33. The van der Waals surface area contributed by atoms with Crippen molar-refractivity contribution in [2.24, 2.45) is 0 Å². The molecule has 1 heterocycles. The van der Waals surface area contributed by atoms with E-state index in [2.05, 4.69) is 17.6 Å². The van der Waals surface area contributed by atoms with Crippen molar-refractivity contribution in [3.05, 3.63) is 29.8 Å². The molecule has 25 heavy (non-hydrogen) atoms. The monoisotopic (exact) mass is 367 g/mol. The molecule has 2 rings (SSSR count). The number of hydrogen-bond donors (Lipinski definition) is 2. The van der Waals surface area contributed by atoms with Gasteiger partial charge in [0.25, 0.3) is 5.91 Å². The minimum atomic E-state index is -3.46.